The van der Waals surface area contributed by atoms with Gasteiger partial charge in [0, 0.05) is 13.0 Å². The van der Waals surface area contributed by atoms with Gasteiger partial charge in [0.1, 0.15) is 0 Å². The summed E-state index contributed by atoms with van der Waals surface area (Å²) in [5.41, 5.74) is 3.33. The average molecular weight is 101 g/mol. The third-order valence-electron chi connectivity index (χ3n) is 1.43. The Morgan fingerprint density at radius 1 is 1.43 bits per heavy atom. The van der Waals surface area contributed by atoms with E-state index in [1.54, 1.807) is 0 Å². The van der Waals surface area contributed by atoms with Crippen LogP contribution >= 0.6 is 0 Å². The third kappa shape index (κ3) is 1.14. The monoisotopic (exact) mass is 101 g/mol. The summed E-state index contributed by atoms with van der Waals surface area (Å²) < 4.78 is 1.00. The minimum Gasteiger partial charge on any atom is -0.251 e. The van der Waals surface area contributed by atoms with E-state index in [-0.39, 0.29) is 0 Å². The van der Waals surface area contributed by atoms with Crippen LogP contribution in [-0.4, -0.2) is 31.8 Å². The molecule has 0 aromatic carbocycles. The SMILES string of the molecule is C[N+]1(C)CCCN1. The first-order valence-electron chi connectivity index (χ1n) is 2.79. The number of hydrogen-bond acceptors (Lipinski definition) is 1. The number of hydrogen-bond donors (Lipinski definition) is 1. The van der Waals surface area contributed by atoms with Crippen LogP contribution in [-0.2, 0) is 0 Å². The van der Waals surface area contributed by atoms with Gasteiger partial charge in [0.2, 0.25) is 0 Å². The summed E-state index contributed by atoms with van der Waals surface area (Å²) in [6.07, 6.45) is 1.33. The van der Waals surface area contributed by atoms with Gasteiger partial charge in [-0.2, -0.15) is 5.43 Å². The van der Waals surface area contributed by atoms with E-state index >= 15 is 0 Å². The van der Waals surface area contributed by atoms with E-state index in [4.69, 9.17) is 0 Å². The normalized spacial score (nSPS) is 28.3. The zero-order chi connectivity index (χ0) is 5.33. The molecule has 1 aliphatic heterocycles. The molecule has 0 aromatic heterocycles. The van der Waals surface area contributed by atoms with Crippen LogP contribution in [0.1, 0.15) is 6.42 Å². The van der Waals surface area contributed by atoms with Crippen molar-refractivity contribution in [3.05, 3.63) is 0 Å². The molecule has 0 atom stereocenters. The number of rotatable bonds is 0. The van der Waals surface area contributed by atoms with Gasteiger partial charge in [0.05, 0.1) is 20.6 Å². The largest absolute Gasteiger partial charge is 0.251 e. The summed E-state index contributed by atoms with van der Waals surface area (Å²) in [4.78, 5) is 0. The summed E-state index contributed by atoms with van der Waals surface area (Å²) in [6, 6.07) is 0. The van der Waals surface area contributed by atoms with E-state index in [0.29, 0.717) is 0 Å². The van der Waals surface area contributed by atoms with E-state index in [9.17, 15) is 0 Å². The van der Waals surface area contributed by atoms with Crippen molar-refractivity contribution >= 4 is 0 Å². The molecular formula is C5H13N2+. The molecule has 0 amide bonds. The summed E-state index contributed by atoms with van der Waals surface area (Å²) in [7, 11) is 4.38. The molecule has 1 N–H and O–H groups in total. The fraction of sp³-hybridized carbons (Fsp3) is 1.00. The van der Waals surface area contributed by atoms with Crippen LogP contribution in [0, 0.1) is 0 Å². The Hall–Kier alpha value is -0.0800. The van der Waals surface area contributed by atoms with E-state index in [1.165, 1.54) is 19.5 Å². The van der Waals surface area contributed by atoms with Crippen molar-refractivity contribution in [1.29, 1.82) is 0 Å². The molecule has 0 saturated carbocycles. The second-order valence-corrected chi connectivity index (χ2v) is 2.67. The molecule has 0 unspecified atom stereocenters. The van der Waals surface area contributed by atoms with Crippen molar-refractivity contribution in [1.82, 2.24) is 5.43 Å². The molecular weight excluding hydrogens is 88.1 g/mol. The molecule has 1 heterocycles. The van der Waals surface area contributed by atoms with Gasteiger partial charge < -0.3 is 0 Å². The fourth-order valence-corrected chi connectivity index (χ4v) is 0.935. The second-order valence-electron chi connectivity index (χ2n) is 2.67. The van der Waals surface area contributed by atoms with Gasteiger partial charge in [-0.25, -0.2) is 0 Å². The zero-order valence-electron chi connectivity index (χ0n) is 5.07. The summed E-state index contributed by atoms with van der Waals surface area (Å²) in [6.45, 7) is 2.47. The van der Waals surface area contributed by atoms with Gasteiger partial charge in [-0.3, -0.25) is 4.59 Å². The lowest BCUT2D eigenvalue weighted by Crippen LogP contribution is -2.45. The van der Waals surface area contributed by atoms with Gasteiger partial charge in [-0.15, -0.1) is 0 Å². The molecule has 1 rings (SSSR count). The quantitative estimate of drug-likeness (QED) is 0.422. The Kier molecular flexibility index (Phi) is 1.05. The lowest BCUT2D eigenvalue weighted by atomic mass is 10.5. The van der Waals surface area contributed by atoms with Crippen LogP contribution in [0.25, 0.3) is 0 Å². The predicted molar refractivity (Wildman–Crippen MR) is 29.6 cm³/mol. The van der Waals surface area contributed by atoms with Crippen molar-refractivity contribution in [2.75, 3.05) is 27.2 Å². The molecule has 2 nitrogen and oxygen atoms in total. The van der Waals surface area contributed by atoms with Gasteiger partial charge in [-0.05, 0) is 0 Å². The molecule has 42 valence electrons. The van der Waals surface area contributed by atoms with Crippen molar-refractivity contribution in [3.63, 3.8) is 0 Å². The molecule has 1 aliphatic rings. The molecule has 7 heavy (non-hydrogen) atoms. The zero-order valence-corrected chi connectivity index (χ0v) is 5.07. The van der Waals surface area contributed by atoms with Crippen molar-refractivity contribution in [2.24, 2.45) is 0 Å². The minimum absolute atomic E-state index is 1.00. The van der Waals surface area contributed by atoms with Crippen LogP contribution in [0.15, 0.2) is 0 Å². The maximum atomic E-state index is 3.33. The smallest absolute Gasteiger partial charge is 0.0972 e. The van der Waals surface area contributed by atoms with Crippen molar-refractivity contribution in [2.45, 2.75) is 6.42 Å². The molecule has 0 aliphatic carbocycles. The predicted octanol–water partition coefficient (Wildman–Crippen LogP) is -0.0289. The highest BCUT2D eigenvalue weighted by atomic mass is 15.6. The highest BCUT2D eigenvalue weighted by molar-refractivity contribution is 4.43. The first kappa shape index (κ1) is 5.06. The number of nitrogens with zero attached hydrogens (tertiary/aromatic N) is 1. The lowest BCUT2D eigenvalue weighted by molar-refractivity contribution is -0.920. The molecule has 0 bridgehead atoms. The van der Waals surface area contributed by atoms with Gasteiger partial charge in [-0.1, -0.05) is 0 Å². The molecule has 0 radical (unpaired) electrons. The van der Waals surface area contributed by atoms with E-state index in [0.717, 1.165) is 4.59 Å². The first-order chi connectivity index (χ1) is 3.21. The lowest BCUT2D eigenvalue weighted by Gasteiger charge is -2.20. The van der Waals surface area contributed by atoms with E-state index < -0.39 is 0 Å². The summed E-state index contributed by atoms with van der Waals surface area (Å²) in [5.74, 6) is 0. The maximum Gasteiger partial charge on any atom is 0.0972 e. The Balaban J connectivity index is 2.40. The Morgan fingerprint density at radius 2 is 2.14 bits per heavy atom. The molecule has 0 spiro atoms. The minimum atomic E-state index is 1.00. The standard InChI is InChI=1S/C5H13N2/c1-7(2)5-3-4-6-7/h6H,3-5H2,1-2H3/q+1. The fourth-order valence-electron chi connectivity index (χ4n) is 0.935. The Labute approximate surface area is 44.7 Å². The first-order valence-corrected chi connectivity index (χ1v) is 2.79. The third-order valence-corrected chi connectivity index (χ3v) is 1.43. The second kappa shape index (κ2) is 1.46. The van der Waals surface area contributed by atoms with Gasteiger partial charge in [0.15, 0.2) is 0 Å². The topological polar surface area (TPSA) is 12.0 Å². The molecule has 2 heteroatoms. The van der Waals surface area contributed by atoms with Gasteiger partial charge in [0.25, 0.3) is 0 Å². The van der Waals surface area contributed by atoms with Crippen molar-refractivity contribution < 1.29 is 4.59 Å². The van der Waals surface area contributed by atoms with Crippen LogP contribution in [0.2, 0.25) is 0 Å². The Bertz CT molecular complexity index is 60.5. The van der Waals surface area contributed by atoms with Crippen LogP contribution < -0.4 is 5.43 Å². The van der Waals surface area contributed by atoms with Crippen LogP contribution in [0.5, 0.6) is 0 Å². The molecule has 1 saturated heterocycles. The van der Waals surface area contributed by atoms with E-state index in [2.05, 4.69) is 19.5 Å². The highest BCUT2D eigenvalue weighted by Crippen LogP contribution is 1.99. The number of nitrogens with one attached hydrogen (secondary N) is 1. The number of quaternary nitrogens is 1. The van der Waals surface area contributed by atoms with Crippen molar-refractivity contribution in [3.8, 4) is 0 Å². The Morgan fingerprint density at radius 3 is 2.29 bits per heavy atom. The summed E-state index contributed by atoms with van der Waals surface area (Å²) >= 11 is 0. The summed E-state index contributed by atoms with van der Waals surface area (Å²) in [5, 5.41) is 0. The van der Waals surface area contributed by atoms with E-state index in [1.807, 2.05) is 0 Å². The maximum absolute atomic E-state index is 3.33. The highest BCUT2D eigenvalue weighted by Gasteiger charge is 2.19. The molecule has 0 aromatic rings. The molecule has 1 fully saturated rings. The van der Waals surface area contributed by atoms with Gasteiger partial charge >= 0.3 is 0 Å². The van der Waals surface area contributed by atoms with Crippen LogP contribution in [0.3, 0.4) is 0 Å². The average Bonchev–Trinajstić information content (AvgIpc) is 1.84. The van der Waals surface area contributed by atoms with Crippen LogP contribution in [0.4, 0.5) is 0 Å².